The Hall–Kier alpha value is -1.51. The van der Waals surface area contributed by atoms with Crippen LogP contribution in [0.25, 0.3) is 0 Å². The molecule has 1 N–H and O–H groups in total. The minimum absolute atomic E-state index is 0.0981. The van der Waals surface area contributed by atoms with Crippen molar-refractivity contribution < 1.29 is 14.6 Å². The SMILES string of the molecule is CCc1cc(O)c2c(c1)OC(C)(C)[C@@H]1CCC(=O)C[C@@H]21. The highest BCUT2D eigenvalue weighted by Crippen LogP contribution is 2.53. The van der Waals surface area contributed by atoms with Crippen molar-refractivity contribution in [2.75, 3.05) is 0 Å². The molecule has 0 unspecified atom stereocenters. The Morgan fingerprint density at radius 3 is 2.85 bits per heavy atom. The number of benzene rings is 1. The quantitative estimate of drug-likeness (QED) is 0.851. The van der Waals surface area contributed by atoms with Crippen LogP contribution >= 0.6 is 0 Å². The molecule has 0 spiro atoms. The lowest BCUT2D eigenvalue weighted by Crippen LogP contribution is -2.47. The fraction of sp³-hybridized carbons (Fsp3) is 0.588. The van der Waals surface area contributed by atoms with Crippen LogP contribution in [0.1, 0.15) is 57.1 Å². The summed E-state index contributed by atoms with van der Waals surface area (Å²) in [4.78, 5) is 11.9. The second-order valence-corrected chi connectivity index (χ2v) is 6.58. The van der Waals surface area contributed by atoms with Gasteiger partial charge in [-0.2, -0.15) is 0 Å². The van der Waals surface area contributed by atoms with Crippen LogP contribution in [-0.2, 0) is 11.2 Å². The summed E-state index contributed by atoms with van der Waals surface area (Å²) in [6, 6.07) is 3.84. The molecule has 1 saturated carbocycles. The van der Waals surface area contributed by atoms with E-state index >= 15 is 0 Å². The maximum Gasteiger partial charge on any atom is 0.133 e. The molecule has 3 nitrogen and oxygen atoms in total. The number of phenols is 1. The van der Waals surface area contributed by atoms with Crippen LogP contribution in [0, 0.1) is 5.92 Å². The number of aromatic hydroxyl groups is 1. The van der Waals surface area contributed by atoms with E-state index < -0.39 is 0 Å². The van der Waals surface area contributed by atoms with Gasteiger partial charge in [-0.1, -0.05) is 6.92 Å². The first kappa shape index (κ1) is 13.5. The average molecular weight is 274 g/mol. The minimum atomic E-state index is -0.281. The first-order valence-corrected chi connectivity index (χ1v) is 7.49. The Kier molecular flexibility index (Phi) is 3.03. The molecule has 2 aliphatic rings. The van der Waals surface area contributed by atoms with Crippen LogP contribution in [0.5, 0.6) is 11.5 Å². The number of ether oxygens (including phenoxy) is 1. The second kappa shape index (κ2) is 4.51. The predicted molar refractivity (Wildman–Crippen MR) is 77.3 cm³/mol. The van der Waals surface area contributed by atoms with Crippen molar-refractivity contribution in [1.82, 2.24) is 0 Å². The van der Waals surface area contributed by atoms with Gasteiger partial charge in [0.25, 0.3) is 0 Å². The van der Waals surface area contributed by atoms with Gasteiger partial charge in [-0.3, -0.25) is 4.79 Å². The molecule has 0 radical (unpaired) electrons. The van der Waals surface area contributed by atoms with Crippen LogP contribution in [0.15, 0.2) is 12.1 Å². The topological polar surface area (TPSA) is 46.5 Å². The van der Waals surface area contributed by atoms with Crippen LogP contribution in [0.2, 0.25) is 0 Å². The van der Waals surface area contributed by atoms with E-state index in [9.17, 15) is 9.90 Å². The van der Waals surface area contributed by atoms with Crippen molar-refractivity contribution >= 4 is 5.78 Å². The van der Waals surface area contributed by atoms with Gasteiger partial charge in [0.2, 0.25) is 0 Å². The molecule has 1 fully saturated rings. The van der Waals surface area contributed by atoms with Gasteiger partial charge in [0.05, 0.1) is 0 Å². The number of hydrogen-bond donors (Lipinski definition) is 1. The number of carbonyl (C=O) groups excluding carboxylic acids is 1. The Morgan fingerprint density at radius 1 is 1.40 bits per heavy atom. The van der Waals surface area contributed by atoms with Crippen molar-refractivity contribution in [2.24, 2.45) is 5.92 Å². The molecule has 0 bridgehead atoms. The molecule has 1 aromatic carbocycles. The average Bonchev–Trinajstić information content (AvgIpc) is 2.36. The number of rotatable bonds is 1. The van der Waals surface area contributed by atoms with E-state index in [2.05, 4.69) is 20.8 Å². The maximum absolute atomic E-state index is 11.9. The first-order valence-electron chi connectivity index (χ1n) is 7.49. The monoisotopic (exact) mass is 274 g/mol. The van der Waals surface area contributed by atoms with E-state index in [4.69, 9.17) is 4.74 Å². The van der Waals surface area contributed by atoms with Gasteiger partial charge in [-0.25, -0.2) is 0 Å². The number of aryl methyl sites for hydroxylation is 1. The highest BCUT2D eigenvalue weighted by molar-refractivity contribution is 5.81. The number of ketones is 1. The Bertz CT molecular complexity index is 560. The number of carbonyl (C=O) groups is 1. The van der Waals surface area contributed by atoms with E-state index in [0.717, 1.165) is 29.7 Å². The number of fused-ring (bicyclic) bond motifs is 3. The molecule has 108 valence electrons. The fourth-order valence-electron chi connectivity index (χ4n) is 3.83. The lowest BCUT2D eigenvalue weighted by atomic mass is 9.66. The summed E-state index contributed by atoms with van der Waals surface area (Å²) < 4.78 is 6.18. The molecule has 0 saturated heterocycles. The maximum atomic E-state index is 11.9. The van der Waals surface area contributed by atoms with Crippen molar-refractivity contribution in [3.05, 3.63) is 23.3 Å². The standard InChI is InChI=1S/C17H22O3/c1-4-10-7-14(19)16-12-9-11(18)5-6-13(12)17(2,3)20-15(16)8-10/h7-8,12-13,19H,4-6,9H2,1-3H3/t12-,13-/m1/s1. The lowest BCUT2D eigenvalue weighted by molar-refractivity contribution is -0.124. The Morgan fingerprint density at radius 2 is 2.15 bits per heavy atom. The molecule has 3 rings (SSSR count). The molecule has 20 heavy (non-hydrogen) atoms. The molecular weight excluding hydrogens is 252 g/mol. The van der Waals surface area contributed by atoms with Crippen LogP contribution in [0.3, 0.4) is 0 Å². The fourth-order valence-corrected chi connectivity index (χ4v) is 3.83. The molecule has 3 heteroatoms. The number of phenolic OH excluding ortho intramolecular Hbond substituents is 1. The van der Waals surface area contributed by atoms with Crippen molar-refractivity contribution in [3.8, 4) is 11.5 Å². The smallest absolute Gasteiger partial charge is 0.133 e. The van der Waals surface area contributed by atoms with E-state index in [-0.39, 0.29) is 11.5 Å². The van der Waals surface area contributed by atoms with Gasteiger partial charge in [0.15, 0.2) is 0 Å². The van der Waals surface area contributed by atoms with Gasteiger partial charge >= 0.3 is 0 Å². The van der Waals surface area contributed by atoms with E-state index in [0.29, 0.717) is 30.3 Å². The Balaban J connectivity index is 2.13. The third kappa shape index (κ3) is 2.00. The zero-order valence-corrected chi connectivity index (χ0v) is 12.4. The first-order chi connectivity index (χ1) is 9.42. The third-order valence-electron chi connectivity index (χ3n) is 4.89. The molecule has 0 aromatic heterocycles. The van der Waals surface area contributed by atoms with Gasteiger partial charge in [0.1, 0.15) is 22.9 Å². The van der Waals surface area contributed by atoms with Crippen LogP contribution in [-0.4, -0.2) is 16.5 Å². The lowest BCUT2D eigenvalue weighted by Gasteiger charge is -2.47. The second-order valence-electron chi connectivity index (χ2n) is 6.58. The summed E-state index contributed by atoms with van der Waals surface area (Å²) in [5.41, 5.74) is 1.63. The van der Waals surface area contributed by atoms with Gasteiger partial charge < -0.3 is 9.84 Å². The number of Topliss-reactive ketones (excluding diaryl/α,β-unsaturated/α-hetero) is 1. The molecule has 1 heterocycles. The van der Waals surface area contributed by atoms with E-state index in [1.54, 1.807) is 0 Å². The molecule has 2 atom stereocenters. The van der Waals surface area contributed by atoms with Crippen LogP contribution < -0.4 is 4.74 Å². The largest absolute Gasteiger partial charge is 0.508 e. The van der Waals surface area contributed by atoms with Crippen molar-refractivity contribution in [2.45, 2.75) is 58.0 Å². The zero-order valence-electron chi connectivity index (χ0n) is 12.4. The van der Waals surface area contributed by atoms with Gasteiger partial charge in [-0.15, -0.1) is 0 Å². The van der Waals surface area contributed by atoms with E-state index in [1.807, 2.05) is 12.1 Å². The summed E-state index contributed by atoms with van der Waals surface area (Å²) in [5, 5.41) is 10.4. The highest BCUT2D eigenvalue weighted by atomic mass is 16.5. The summed E-state index contributed by atoms with van der Waals surface area (Å²) >= 11 is 0. The highest BCUT2D eigenvalue weighted by Gasteiger charge is 2.47. The number of hydrogen-bond acceptors (Lipinski definition) is 3. The molecule has 1 aliphatic heterocycles. The zero-order chi connectivity index (χ0) is 14.5. The van der Waals surface area contributed by atoms with Gasteiger partial charge in [0, 0.05) is 30.2 Å². The Labute approximate surface area is 120 Å². The summed E-state index contributed by atoms with van der Waals surface area (Å²) in [5.74, 6) is 1.75. The third-order valence-corrected chi connectivity index (χ3v) is 4.89. The van der Waals surface area contributed by atoms with Gasteiger partial charge in [-0.05, 0) is 44.4 Å². The van der Waals surface area contributed by atoms with Crippen LogP contribution in [0.4, 0.5) is 0 Å². The van der Waals surface area contributed by atoms with Crippen molar-refractivity contribution in [3.63, 3.8) is 0 Å². The summed E-state index contributed by atoms with van der Waals surface area (Å²) in [7, 11) is 0. The summed E-state index contributed by atoms with van der Waals surface area (Å²) in [6.45, 7) is 6.25. The summed E-state index contributed by atoms with van der Waals surface area (Å²) in [6.07, 6.45) is 2.88. The molecule has 0 amide bonds. The van der Waals surface area contributed by atoms with Crippen molar-refractivity contribution in [1.29, 1.82) is 0 Å². The van der Waals surface area contributed by atoms with E-state index in [1.165, 1.54) is 0 Å². The predicted octanol–water partition coefficient (Wildman–Crippen LogP) is 3.58. The molecule has 1 aromatic rings. The molecule has 1 aliphatic carbocycles. The minimum Gasteiger partial charge on any atom is -0.508 e. The molecular formula is C17H22O3. The normalized spacial score (nSPS) is 27.4.